The summed E-state index contributed by atoms with van der Waals surface area (Å²) in [6.45, 7) is 6.67. The van der Waals surface area contributed by atoms with Crippen molar-refractivity contribution in [2.75, 3.05) is 31.9 Å². The summed E-state index contributed by atoms with van der Waals surface area (Å²) in [6.07, 6.45) is 0. The second-order valence-corrected chi connectivity index (χ2v) is 6.49. The third kappa shape index (κ3) is 4.04. The molecule has 0 bridgehead atoms. The molecule has 1 heterocycles. The zero-order valence-electron chi connectivity index (χ0n) is 10.5. The molecular formula is C13H18Cl2N2S. The van der Waals surface area contributed by atoms with Gasteiger partial charge in [-0.25, -0.2) is 0 Å². The first-order chi connectivity index (χ1) is 8.66. The molecule has 5 heteroatoms. The van der Waals surface area contributed by atoms with E-state index in [9.17, 15) is 0 Å². The average Bonchev–Trinajstić information content (AvgIpc) is 2.36. The van der Waals surface area contributed by atoms with Crippen molar-refractivity contribution in [2.45, 2.75) is 17.9 Å². The Morgan fingerprint density at radius 1 is 1.44 bits per heavy atom. The third-order valence-corrected chi connectivity index (χ3v) is 4.88. The van der Waals surface area contributed by atoms with Crippen molar-refractivity contribution in [3.05, 3.63) is 28.2 Å². The van der Waals surface area contributed by atoms with E-state index in [0.717, 1.165) is 46.9 Å². The maximum absolute atomic E-state index is 6.14. The predicted molar refractivity (Wildman–Crippen MR) is 81.1 cm³/mol. The van der Waals surface area contributed by atoms with Crippen molar-refractivity contribution in [1.29, 1.82) is 0 Å². The van der Waals surface area contributed by atoms with Crippen molar-refractivity contribution in [2.24, 2.45) is 0 Å². The number of hydrogen-bond donors (Lipinski definition) is 1. The molecule has 18 heavy (non-hydrogen) atoms. The van der Waals surface area contributed by atoms with Crippen LogP contribution >= 0.6 is 35.0 Å². The molecule has 0 amide bonds. The Morgan fingerprint density at radius 3 is 3.06 bits per heavy atom. The minimum absolute atomic E-state index is 0.620. The molecule has 0 aliphatic carbocycles. The summed E-state index contributed by atoms with van der Waals surface area (Å²) < 4.78 is 0. The first-order valence-corrected chi connectivity index (χ1v) is 7.93. The van der Waals surface area contributed by atoms with Gasteiger partial charge >= 0.3 is 0 Å². The molecular weight excluding hydrogens is 287 g/mol. The number of rotatable bonds is 4. The van der Waals surface area contributed by atoms with E-state index in [1.807, 2.05) is 18.2 Å². The second-order valence-electron chi connectivity index (χ2n) is 4.51. The molecule has 1 N–H and O–H groups in total. The van der Waals surface area contributed by atoms with Gasteiger partial charge in [-0.1, -0.05) is 23.2 Å². The van der Waals surface area contributed by atoms with Crippen LogP contribution in [0.15, 0.2) is 23.1 Å². The van der Waals surface area contributed by atoms with Gasteiger partial charge in [-0.2, -0.15) is 0 Å². The van der Waals surface area contributed by atoms with Crippen LogP contribution in [0.25, 0.3) is 0 Å². The van der Waals surface area contributed by atoms with Crippen molar-refractivity contribution in [1.82, 2.24) is 10.2 Å². The van der Waals surface area contributed by atoms with E-state index in [2.05, 4.69) is 17.1 Å². The first kappa shape index (κ1) is 14.5. The summed E-state index contributed by atoms with van der Waals surface area (Å²) >= 11 is 13.9. The van der Waals surface area contributed by atoms with Crippen LogP contribution in [0.5, 0.6) is 0 Å². The van der Waals surface area contributed by atoms with Crippen molar-refractivity contribution >= 4 is 35.0 Å². The number of piperazine rings is 1. The zero-order valence-corrected chi connectivity index (χ0v) is 12.8. The Hall–Kier alpha value is 0.0700. The van der Waals surface area contributed by atoms with Crippen molar-refractivity contribution < 1.29 is 0 Å². The number of thioether (sulfide) groups is 1. The highest BCUT2D eigenvalue weighted by Crippen LogP contribution is 2.29. The smallest absolute Gasteiger partial charge is 0.0542 e. The van der Waals surface area contributed by atoms with Gasteiger partial charge in [0.2, 0.25) is 0 Å². The van der Waals surface area contributed by atoms with Crippen LogP contribution in [0.2, 0.25) is 10.0 Å². The Morgan fingerprint density at radius 2 is 2.28 bits per heavy atom. The minimum Gasteiger partial charge on any atom is -0.314 e. The van der Waals surface area contributed by atoms with E-state index in [1.165, 1.54) is 0 Å². The van der Waals surface area contributed by atoms with Gasteiger partial charge in [0, 0.05) is 47.9 Å². The molecule has 0 unspecified atom stereocenters. The summed E-state index contributed by atoms with van der Waals surface area (Å²) in [5.74, 6) is 1.05. The number of hydrogen-bond acceptors (Lipinski definition) is 3. The van der Waals surface area contributed by atoms with E-state index in [4.69, 9.17) is 23.2 Å². The number of benzene rings is 1. The molecule has 1 fully saturated rings. The summed E-state index contributed by atoms with van der Waals surface area (Å²) in [5.41, 5.74) is 0. The highest BCUT2D eigenvalue weighted by molar-refractivity contribution is 7.99. The molecule has 1 aromatic carbocycles. The lowest BCUT2D eigenvalue weighted by Gasteiger charge is -2.33. The van der Waals surface area contributed by atoms with Crippen molar-refractivity contribution in [3.8, 4) is 0 Å². The molecule has 1 saturated heterocycles. The minimum atomic E-state index is 0.620. The fraction of sp³-hybridized carbons (Fsp3) is 0.538. The molecule has 100 valence electrons. The maximum Gasteiger partial charge on any atom is 0.0542 e. The quantitative estimate of drug-likeness (QED) is 0.859. The van der Waals surface area contributed by atoms with Crippen LogP contribution in [0.3, 0.4) is 0 Å². The highest BCUT2D eigenvalue weighted by atomic mass is 35.5. The van der Waals surface area contributed by atoms with Crippen LogP contribution in [-0.2, 0) is 0 Å². The molecule has 2 nitrogen and oxygen atoms in total. The fourth-order valence-electron chi connectivity index (χ4n) is 2.08. The van der Waals surface area contributed by atoms with Crippen LogP contribution < -0.4 is 5.32 Å². The van der Waals surface area contributed by atoms with E-state index in [0.29, 0.717) is 6.04 Å². The van der Waals surface area contributed by atoms with Gasteiger partial charge in [0.05, 0.1) is 5.02 Å². The Balaban J connectivity index is 1.82. The SMILES string of the molecule is C[C@H]1CNCCN1CCSc1cc(Cl)ccc1Cl. The van der Waals surface area contributed by atoms with Crippen molar-refractivity contribution in [3.63, 3.8) is 0 Å². The van der Waals surface area contributed by atoms with E-state index in [1.54, 1.807) is 11.8 Å². The fourth-order valence-corrected chi connectivity index (χ4v) is 3.56. The molecule has 2 rings (SSSR count). The second kappa shape index (κ2) is 7.01. The Labute approximate surface area is 123 Å². The predicted octanol–water partition coefficient (Wildman–Crippen LogP) is 3.38. The molecule has 1 aromatic rings. The van der Waals surface area contributed by atoms with Gasteiger partial charge in [0.15, 0.2) is 0 Å². The Bertz CT molecular complexity index is 401. The molecule has 0 radical (unpaired) electrons. The zero-order chi connectivity index (χ0) is 13.0. The average molecular weight is 305 g/mol. The number of nitrogens with one attached hydrogen (secondary N) is 1. The third-order valence-electron chi connectivity index (χ3n) is 3.17. The maximum atomic E-state index is 6.14. The summed E-state index contributed by atoms with van der Waals surface area (Å²) in [4.78, 5) is 3.59. The topological polar surface area (TPSA) is 15.3 Å². The van der Waals surface area contributed by atoms with E-state index in [-0.39, 0.29) is 0 Å². The molecule has 1 aliphatic heterocycles. The molecule has 0 saturated carbocycles. The van der Waals surface area contributed by atoms with Gasteiger partial charge in [-0.15, -0.1) is 11.8 Å². The lowest BCUT2D eigenvalue weighted by atomic mass is 10.2. The number of halogens is 2. The molecule has 1 aliphatic rings. The van der Waals surface area contributed by atoms with Crippen LogP contribution in [0.1, 0.15) is 6.92 Å². The van der Waals surface area contributed by atoms with Gasteiger partial charge in [-0.05, 0) is 25.1 Å². The lowest BCUT2D eigenvalue weighted by molar-refractivity contribution is 0.185. The summed E-state index contributed by atoms with van der Waals surface area (Å²) in [6, 6.07) is 6.25. The molecule has 0 aromatic heterocycles. The van der Waals surface area contributed by atoms with E-state index >= 15 is 0 Å². The van der Waals surface area contributed by atoms with Gasteiger partial charge in [0.1, 0.15) is 0 Å². The largest absolute Gasteiger partial charge is 0.314 e. The Kier molecular flexibility index (Phi) is 5.64. The van der Waals surface area contributed by atoms with E-state index < -0.39 is 0 Å². The number of nitrogens with zero attached hydrogens (tertiary/aromatic N) is 1. The van der Waals surface area contributed by atoms with Gasteiger partial charge in [0.25, 0.3) is 0 Å². The summed E-state index contributed by atoms with van der Waals surface area (Å²) in [7, 11) is 0. The van der Waals surface area contributed by atoms with Gasteiger partial charge < -0.3 is 5.32 Å². The standard InChI is InChI=1S/C13H18Cl2N2S/c1-10-9-16-4-5-17(10)6-7-18-13-8-11(14)2-3-12(13)15/h2-3,8,10,16H,4-7,9H2,1H3/t10-/m0/s1. The molecule has 0 spiro atoms. The lowest BCUT2D eigenvalue weighted by Crippen LogP contribution is -2.50. The van der Waals surface area contributed by atoms with Crippen LogP contribution in [-0.4, -0.2) is 42.9 Å². The van der Waals surface area contributed by atoms with Gasteiger partial charge in [-0.3, -0.25) is 4.90 Å². The van der Waals surface area contributed by atoms with Crippen LogP contribution in [0.4, 0.5) is 0 Å². The first-order valence-electron chi connectivity index (χ1n) is 6.19. The van der Waals surface area contributed by atoms with Crippen LogP contribution in [0, 0.1) is 0 Å². The summed E-state index contributed by atoms with van der Waals surface area (Å²) in [5, 5.41) is 4.94. The normalized spacial score (nSPS) is 21.2. The molecule has 1 atom stereocenters. The highest BCUT2D eigenvalue weighted by Gasteiger charge is 2.17. The monoisotopic (exact) mass is 304 g/mol.